The van der Waals surface area contributed by atoms with Gasteiger partial charge in [0.2, 0.25) is 15.9 Å². The van der Waals surface area contributed by atoms with E-state index in [0.717, 1.165) is 24.0 Å². The first kappa shape index (κ1) is 21.3. The Morgan fingerprint density at radius 1 is 1.10 bits per heavy atom. The van der Waals surface area contributed by atoms with Crippen molar-refractivity contribution in [3.8, 4) is 5.75 Å². The monoisotopic (exact) mass is 416 g/mol. The number of amides is 1. The van der Waals surface area contributed by atoms with Crippen LogP contribution in [-0.4, -0.2) is 44.6 Å². The van der Waals surface area contributed by atoms with Gasteiger partial charge < -0.3 is 10.1 Å². The number of rotatable bonds is 8. The molecule has 156 valence electrons. The zero-order valence-corrected chi connectivity index (χ0v) is 17.6. The molecule has 0 radical (unpaired) electrons. The first-order valence-corrected chi connectivity index (χ1v) is 11.8. The highest BCUT2D eigenvalue weighted by atomic mass is 32.2. The molecular weight excluding hydrogens is 388 g/mol. The van der Waals surface area contributed by atoms with Crippen LogP contribution < -0.4 is 10.1 Å². The smallest absolute Gasteiger partial charge is 0.220 e. The maximum atomic E-state index is 12.1. The number of aryl methyl sites for hydroxylation is 2. The van der Waals surface area contributed by atoms with Crippen LogP contribution in [0.25, 0.3) is 0 Å². The van der Waals surface area contributed by atoms with Crippen LogP contribution in [0.1, 0.15) is 29.5 Å². The van der Waals surface area contributed by atoms with Gasteiger partial charge >= 0.3 is 0 Å². The first-order chi connectivity index (χ1) is 13.9. The molecule has 0 saturated heterocycles. The second kappa shape index (κ2) is 9.89. The molecule has 2 aromatic carbocycles. The van der Waals surface area contributed by atoms with E-state index in [1.165, 1.54) is 16.1 Å². The molecule has 0 saturated carbocycles. The number of carbonyl (C=O) groups is 1. The summed E-state index contributed by atoms with van der Waals surface area (Å²) in [6.07, 6.45) is 4.08. The van der Waals surface area contributed by atoms with Crippen LogP contribution in [0.3, 0.4) is 0 Å². The third-order valence-electron chi connectivity index (χ3n) is 4.99. The second-order valence-corrected chi connectivity index (χ2v) is 9.31. The van der Waals surface area contributed by atoms with Crippen molar-refractivity contribution >= 4 is 15.9 Å². The number of hydrogen-bond acceptors (Lipinski definition) is 4. The van der Waals surface area contributed by atoms with Gasteiger partial charge in [0.05, 0.1) is 6.26 Å². The minimum absolute atomic E-state index is 0.0296. The Morgan fingerprint density at radius 2 is 1.90 bits per heavy atom. The van der Waals surface area contributed by atoms with Crippen LogP contribution in [0.5, 0.6) is 5.75 Å². The van der Waals surface area contributed by atoms with E-state index in [-0.39, 0.29) is 5.91 Å². The lowest BCUT2D eigenvalue weighted by Crippen LogP contribution is -2.31. The number of carbonyl (C=O) groups excluding carboxylic acids is 1. The molecule has 0 unspecified atom stereocenters. The Morgan fingerprint density at radius 3 is 2.66 bits per heavy atom. The van der Waals surface area contributed by atoms with Gasteiger partial charge in [-0.25, -0.2) is 8.42 Å². The van der Waals surface area contributed by atoms with Crippen molar-refractivity contribution in [3.05, 3.63) is 65.2 Å². The van der Waals surface area contributed by atoms with Gasteiger partial charge in [-0.2, -0.15) is 4.31 Å². The third kappa shape index (κ3) is 6.58. The maximum Gasteiger partial charge on any atom is 0.220 e. The molecule has 0 spiro atoms. The van der Waals surface area contributed by atoms with Gasteiger partial charge in [-0.1, -0.05) is 42.5 Å². The summed E-state index contributed by atoms with van der Waals surface area (Å²) in [5.74, 6) is 0.743. The van der Waals surface area contributed by atoms with Gasteiger partial charge in [-0.05, 0) is 36.5 Å². The van der Waals surface area contributed by atoms with E-state index >= 15 is 0 Å². The molecule has 29 heavy (non-hydrogen) atoms. The molecule has 1 aliphatic rings. The summed E-state index contributed by atoms with van der Waals surface area (Å²) >= 11 is 0. The van der Waals surface area contributed by atoms with E-state index in [1.54, 1.807) is 0 Å². The first-order valence-electron chi connectivity index (χ1n) is 9.92. The van der Waals surface area contributed by atoms with Gasteiger partial charge in [0.1, 0.15) is 12.4 Å². The number of hydrogen-bond donors (Lipinski definition) is 1. The fourth-order valence-corrected chi connectivity index (χ4v) is 4.15. The highest BCUT2D eigenvalue weighted by molar-refractivity contribution is 7.88. The Balaban J connectivity index is 1.47. The zero-order chi connectivity index (χ0) is 20.7. The Bertz CT molecular complexity index is 929. The minimum atomic E-state index is -3.27. The molecule has 0 fully saturated rings. The molecule has 0 bridgehead atoms. The van der Waals surface area contributed by atoms with Crippen molar-refractivity contribution < 1.29 is 17.9 Å². The van der Waals surface area contributed by atoms with E-state index in [4.69, 9.17) is 4.74 Å². The normalized spacial score (nSPS) is 14.5. The molecule has 3 rings (SSSR count). The van der Waals surface area contributed by atoms with Gasteiger partial charge in [-0.3, -0.25) is 4.79 Å². The maximum absolute atomic E-state index is 12.1. The standard InChI is InChI=1S/C22H28N2O4S/c1-29(26,27)24-14-15-28-21-11-9-19(16-20(21)17-24)10-12-22(25)23-13-5-8-18-6-3-2-4-7-18/h2-4,6-7,9,11,16H,5,8,10,12-15,17H2,1H3,(H,23,25). The summed E-state index contributed by atoms with van der Waals surface area (Å²) < 4.78 is 30.9. The number of ether oxygens (including phenoxy) is 1. The SMILES string of the molecule is CS(=O)(=O)N1CCOc2ccc(CCC(=O)NCCCc3ccccc3)cc2C1. The molecule has 0 aliphatic carbocycles. The quantitative estimate of drug-likeness (QED) is 0.671. The van der Waals surface area contributed by atoms with E-state index in [2.05, 4.69) is 17.4 Å². The highest BCUT2D eigenvalue weighted by Gasteiger charge is 2.22. The van der Waals surface area contributed by atoms with Crippen LogP contribution >= 0.6 is 0 Å². The number of nitrogens with zero attached hydrogens (tertiary/aromatic N) is 1. The van der Waals surface area contributed by atoms with Crippen LogP contribution in [0.2, 0.25) is 0 Å². The van der Waals surface area contributed by atoms with Crippen molar-refractivity contribution in [2.75, 3.05) is 26.0 Å². The summed E-state index contributed by atoms with van der Waals surface area (Å²) in [6, 6.07) is 16.0. The van der Waals surface area contributed by atoms with Crippen LogP contribution in [-0.2, 0) is 34.2 Å². The largest absolute Gasteiger partial charge is 0.492 e. The fourth-order valence-electron chi connectivity index (χ4n) is 3.37. The van der Waals surface area contributed by atoms with Gasteiger partial charge in [0.15, 0.2) is 0 Å². The number of fused-ring (bicyclic) bond motifs is 1. The number of sulfonamides is 1. The lowest BCUT2D eigenvalue weighted by Gasteiger charge is -2.16. The van der Waals surface area contributed by atoms with Crippen molar-refractivity contribution in [2.45, 2.75) is 32.2 Å². The van der Waals surface area contributed by atoms with Gasteiger partial charge in [0.25, 0.3) is 0 Å². The summed E-state index contributed by atoms with van der Waals surface area (Å²) in [7, 11) is -3.27. The summed E-state index contributed by atoms with van der Waals surface area (Å²) in [4.78, 5) is 12.1. The molecular formula is C22H28N2O4S. The van der Waals surface area contributed by atoms with E-state index in [1.807, 2.05) is 36.4 Å². The van der Waals surface area contributed by atoms with Crippen molar-refractivity contribution in [1.82, 2.24) is 9.62 Å². The van der Waals surface area contributed by atoms with E-state index in [0.29, 0.717) is 44.8 Å². The highest BCUT2D eigenvalue weighted by Crippen LogP contribution is 2.25. The van der Waals surface area contributed by atoms with Crippen LogP contribution in [0.15, 0.2) is 48.5 Å². The summed E-state index contributed by atoms with van der Waals surface area (Å²) in [5.41, 5.74) is 3.12. The average molecular weight is 417 g/mol. The zero-order valence-electron chi connectivity index (χ0n) is 16.8. The predicted molar refractivity (Wildman–Crippen MR) is 113 cm³/mol. The number of benzene rings is 2. The lowest BCUT2D eigenvalue weighted by molar-refractivity contribution is -0.121. The summed E-state index contributed by atoms with van der Waals surface area (Å²) in [5, 5.41) is 2.97. The molecule has 1 N–H and O–H groups in total. The van der Waals surface area contributed by atoms with Crippen LogP contribution in [0.4, 0.5) is 0 Å². The molecule has 0 atom stereocenters. The molecule has 1 amide bonds. The van der Waals surface area contributed by atoms with Crippen LogP contribution in [0, 0.1) is 0 Å². The average Bonchev–Trinajstić information content (AvgIpc) is 2.92. The summed E-state index contributed by atoms with van der Waals surface area (Å²) in [6.45, 7) is 1.64. The third-order valence-corrected chi connectivity index (χ3v) is 6.24. The van der Waals surface area contributed by atoms with Crippen molar-refractivity contribution in [1.29, 1.82) is 0 Å². The Hall–Kier alpha value is -2.38. The minimum Gasteiger partial charge on any atom is -0.492 e. The molecule has 7 heteroatoms. The molecule has 0 aromatic heterocycles. The van der Waals surface area contributed by atoms with Crippen molar-refractivity contribution in [3.63, 3.8) is 0 Å². The number of nitrogens with one attached hydrogen (secondary N) is 1. The second-order valence-electron chi connectivity index (χ2n) is 7.33. The van der Waals surface area contributed by atoms with Crippen molar-refractivity contribution in [2.24, 2.45) is 0 Å². The topological polar surface area (TPSA) is 75.7 Å². The van der Waals surface area contributed by atoms with E-state index < -0.39 is 10.0 Å². The fraction of sp³-hybridized carbons (Fsp3) is 0.409. The lowest BCUT2D eigenvalue weighted by atomic mass is 10.0. The molecule has 1 heterocycles. The van der Waals surface area contributed by atoms with Gasteiger partial charge in [-0.15, -0.1) is 0 Å². The predicted octanol–water partition coefficient (Wildman–Crippen LogP) is 2.52. The molecule has 1 aliphatic heterocycles. The molecule has 2 aromatic rings. The Kier molecular flexibility index (Phi) is 7.28. The van der Waals surface area contributed by atoms with Gasteiger partial charge in [0, 0.05) is 31.6 Å². The van der Waals surface area contributed by atoms with E-state index in [9.17, 15) is 13.2 Å². The molecule has 6 nitrogen and oxygen atoms in total. The Labute approximate surface area is 172 Å².